The maximum Gasteiger partial charge on any atom is 0.425 e. The van der Waals surface area contributed by atoms with Gasteiger partial charge in [0.25, 0.3) is 17.0 Å². The molecule has 2 heterocycles. The van der Waals surface area contributed by atoms with Crippen molar-refractivity contribution >= 4 is 17.8 Å². The van der Waals surface area contributed by atoms with Crippen LogP contribution in [0.5, 0.6) is 0 Å². The Morgan fingerprint density at radius 3 is 2.43 bits per heavy atom. The molecule has 0 saturated carbocycles. The second kappa shape index (κ2) is 6.55. The van der Waals surface area contributed by atoms with Crippen LogP contribution in [0.25, 0.3) is 5.69 Å². The van der Waals surface area contributed by atoms with Crippen molar-refractivity contribution in [3.63, 3.8) is 0 Å². The number of carbonyl (C=O) groups is 2. The fourth-order valence-electron chi connectivity index (χ4n) is 2.92. The SMILES string of the molecule is CCOC(=O)N[C@@]1(C(F)(F)F)C(=O)Nc2c1c(=O)[nH]c(=O)n2-c1ccccc1. The minimum absolute atomic E-state index is 0.0920. The van der Waals surface area contributed by atoms with Crippen LogP contribution in [0.2, 0.25) is 0 Å². The lowest BCUT2D eigenvalue weighted by Crippen LogP contribution is -2.62. The molecule has 0 unspecified atom stereocenters. The summed E-state index contributed by atoms with van der Waals surface area (Å²) < 4.78 is 47.1. The number of hydrogen-bond donors (Lipinski definition) is 3. The van der Waals surface area contributed by atoms with Gasteiger partial charge in [-0.1, -0.05) is 18.2 Å². The van der Waals surface area contributed by atoms with Gasteiger partial charge < -0.3 is 10.1 Å². The van der Waals surface area contributed by atoms with E-state index in [1.54, 1.807) is 11.1 Å². The summed E-state index contributed by atoms with van der Waals surface area (Å²) in [6, 6.07) is 7.38. The number of amides is 2. The van der Waals surface area contributed by atoms with E-state index in [-0.39, 0.29) is 12.3 Å². The first kappa shape index (κ1) is 19.2. The van der Waals surface area contributed by atoms with Crippen LogP contribution in [-0.4, -0.2) is 34.3 Å². The first-order valence-electron chi connectivity index (χ1n) is 7.91. The Morgan fingerprint density at radius 1 is 1.21 bits per heavy atom. The Labute approximate surface area is 154 Å². The number of halogens is 3. The van der Waals surface area contributed by atoms with Crippen molar-refractivity contribution in [3.05, 3.63) is 56.7 Å². The fraction of sp³-hybridized carbons (Fsp3) is 0.250. The van der Waals surface area contributed by atoms with E-state index in [1.807, 2.05) is 5.32 Å². The average Bonchev–Trinajstić information content (AvgIpc) is 2.89. The van der Waals surface area contributed by atoms with Gasteiger partial charge in [-0.25, -0.2) is 14.2 Å². The zero-order valence-corrected chi connectivity index (χ0v) is 14.2. The van der Waals surface area contributed by atoms with Gasteiger partial charge >= 0.3 is 18.0 Å². The number of hydrogen-bond acceptors (Lipinski definition) is 5. The quantitative estimate of drug-likeness (QED) is 0.712. The molecule has 1 aliphatic rings. The second-order valence-corrected chi connectivity index (χ2v) is 5.70. The highest BCUT2D eigenvalue weighted by molar-refractivity contribution is 6.07. The van der Waals surface area contributed by atoms with Crippen molar-refractivity contribution < 1.29 is 27.5 Å². The summed E-state index contributed by atoms with van der Waals surface area (Å²) in [7, 11) is 0. The molecule has 28 heavy (non-hydrogen) atoms. The van der Waals surface area contributed by atoms with E-state index in [0.717, 1.165) is 0 Å². The maximum absolute atomic E-state index is 14.0. The third kappa shape index (κ3) is 2.73. The van der Waals surface area contributed by atoms with Crippen molar-refractivity contribution in [2.45, 2.75) is 18.6 Å². The first-order valence-corrected chi connectivity index (χ1v) is 7.91. The van der Waals surface area contributed by atoms with Crippen molar-refractivity contribution in [3.8, 4) is 5.69 Å². The number of nitrogens with one attached hydrogen (secondary N) is 3. The lowest BCUT2D eigenvalue weighted by molar-refractivity contribution is -0.197. The molecular weight excluding hydrogens is 385 g/mol. The van der Waals surface area contributed by atoms with Crippen LogP contribution in [0, 0.1) is 0 Å². The van der Waals surface area contributed by atoms with Gasteiger partial charge in [0.15, 0.2) is 0 Å². The topological polar surface area (TPSA) is 122 Å². The number of fused-ring (bicyclic) bond motifs is 1. The summed E-state index contributed by atoms with van der Waals surface area (Å²) in [5.41, 5.74) is -7.34. The number of alkyl halides is 3. The Kier molecular flexibility index (Phi) is 4.49. The van der Waals surface area contributed by atoms with E-state index in [9.17, 15) is 32.3 Å². The summed E-state index contributed by atoms with van der Waals surface area (Å²) in [6.07, 6.45) is -6.97. The molecule has 1 aliphatic heterocycles. The molecular formula is C16H13F3N4O5. The molecule has 1 atom stereocenters. The third-order valence-electron chi connectivity index (χ3n) is 4.06. The van der Waals surface area contributed by atoms with Crippen LogP contribution in [0.4, 0.5) is 23.8 Å². The summed E-state index contributed by atoms with van der Waals surface area (Å²) in [4.78, 5) is 50.5. The van der Waals surface area contributed by atoms with E-state index in [2.05, 4.69) is 4.74 Å². The highest BCUT2D eigenvalue weighted by Gasteiger charge is 2.69. The molecule has 3 rings (SSSR count). The zero-order valence-electron chi connectivity index (χ0n) is 14.2. The van der Waals surface area contributed by atoms with E-state index in [0.29, 0.717) is 4.57 Å². The maximum atomic E-state index is 14.0. The fourth-order valence-corrected chi connectivity index (χ4v) is 2.92. The number of para-hydroxylation sites is 1. The molecule has 148 valence electrons. The summed E-state index contributed by atoms with van der Waals surface area (Å²) >= 11 is 0. The number of carbonyl (C=O) groups excluding carboxylic acids is 2. The third-order valence-corrected chi connectivity index (χ3v) is 4.06. The first-order chi connectivity index (χ1) is 13.1. The van der Waals surface area contributed by atoms with Crippen LogP contribution in [0.15, 0.2) is 39.9 Å². The van der Waals surface area contributed by atoms with Gasteiger partial charge in [-0.3, -0.25) is 19.9 Å². The number of nitrogens with zero attached hydrogens (tertiary/aromatic N) is 1. The molecule has 1 aromatic carbocycles. The van der Waals surface area contributed by atoms with E-state index < -0.39 is 46.3 Å². The largest absolute Gasteiger partial charge is 0.450 e. The van der Waals surface area contributed by atoms with Crippen LogP contribution in [-0.2, 0) is 15.1 Å². The smallest absolute Gasteiger partial charge is 0.425 e. The van der Waals surface area contributed by atoms with E-state index in [4.69, 9.17) is 0 Å². The van der Waals surface area contributed by atoms with Crippen molar-refractivity contribution in [1.29, 1.82) is 0 Å². The lowest BCUT2D eigenvalue weighted by Gasteiger charge is -2.29. The number of aromatic amines is 1. The van der Waals surface area contributed by atoms with Gasteiger partial charge in [-0.15, -0.1) is 0 Å². The Hall–Kier alpha value is -3.57. The summed E-state index contributed by atoms with van der Waals surface area (Å²) in [6.45, 7) is 1.08. The standard InChI is InChI=1S/C16H13F3N4O5/c1-2-28-14(27)22-15(16(17,18)19)9-10(20-12(15)25)23(13(26)21-11(9)24)8-6-4-3-5-7-8/h3-7H,2H2,1H3,(H,20,25)(H,22,27)(H,21,24,26)/t15-/m1/s1. The highest BCUT2D eigenvalue weighted by atomic mass is 19.4. The number of ether oxygens (including phenoxy) is 1. The molecule has 0 saturated heterocycles. The Morgan fingerprint density at radius 2 is 1.86 bits per heavy atom. The Bertz CT molecular complexity index is 1060. The number of aromatic nitrogens is 2. The average molecular weight is 398 g/mol. The molecule has 0 spiro atoms. The number of rotatable bonds is 3. The molecule has 0 radical (unpaired) electrons. The summed E-state index contributed by atoms with van der Waals surface area (Å²) in [5, 5.41) is 3.35. The number of alkyl carbamates (subject to hydrolysis) is 1. The van der Waals surface area contributed by atoms with Gasteiger partial charge in [0.05, 0.1) is 12.3 Å². The van der Waals surface area contributed by atoms with Gasteiger partial charge in [0, 0.05) is 0 Å². The normalized spacial score (nSPS) is 18.4. The van der Waals surface area contributed by atoms with E-state index in [1.165, 1.54) is 36.5 Å². The van der Waals surface area contributed by atoms with Gasteiger partial charge in [0.2, 0.25) is 0 Å². The van der Waals surface area contributed by atoms with Crippen LogP contribution in [0.1, 0.15) is 12.5 Å². The van der Waals surface area contributed by atoms with Crippen LogP contribution < -0.4 is 21.9 Å². The highest BCUT2D eigenvalue weighted by Crippen LogP contribution is 2.45. The predicted octanol–water partition coefficient (Wildman–Crippen LogP) is 0.982. The van der Waals surface area contributed by atoms with Crippen molar-refractivity contribution in [1.82, 2.24) is 14.9 Å². The molecule has 2 amide bonds. The second-order valence-electron chi connectivity index (χ2n) is 5.70. The van der Waals surface area contributed by atoms with Gasteiger partial charge in [-0.05, 0) is 19.1 Å². The zero-order chi connectivity index (χ0) is 20.7. The molecule has 1 aromatic heterocycles. The molecule has 9 nitrogen and oxygen atoms in total. The minimum atomic E-state index is -5.42. The molecule has 0 bridgehead atoms. The molecule has 0 aliphatic carbocycles. The summed E-state index contributed by atoms with van der Waals surface area (Å²) in [5.74, 6) is -2.44. The monoisotopic (exact) mass is 398 g/mol. The van der Waals surface area contributed by atoms with Crippen molar-refractivity contribution in [2.75, 3.05) is 11.9 Å². The van der Waals surface area contributed by atoms with Gasteiger partial charge in [-0.2, -0.15) is 13.2 Å². The molecule has 12 heteroatoms. The lowest BCUT2D eigenvalue weighted by atomic mass is 9.92. The van der Waals surface area contributed by atoms with E-state index >= 15 is 0 Å². The number of anilines is 1. The van der Waals surface area contributed by atoms with Crippen molar-refractivity contribution in [2.24, 2.45) is 0 Å². The molecule has 3 N–H and O–H groups in total. The Balaban J connectivity index is 2.35. The molecule has 0 fully saturated rings. The minimum Gasteiger partial charge on any atom is -0.450 e. The van der Waals surface area contributed by atoms with Crippen LogP contribution >= 0.6 is 0 Å². The van der Waals surface area contributed by atoms with Crippen LogP contribution in [0.3, 0.4) is 0 Å². The van der Waals surface area contributed by atoms with Gasteiger partial charge in [0.1, 0.15) is 11.4 Å². The molecule has 2 aromatic rings. The predicted molar refractivity (Wildman–Crippen MR) is 89.2 cm³/mol. The number of benzene rings is 1. The number of H-pyrrole nitrogens is 1.